The van der Waals surface area contributed by atoms with Gasteiger partial charge in [-0.3, -0.25) is 4.79 Å². The van der Waals surface area contributed by atoms with Crippen LogP contribution < -0.4 is 9.47 Å². The molecule has 5 nitrogen and oxygen atoms in total. The maximum Gasteiger partial charge on any atom is 0.573 e. The molecule has 130 valence electrons. The van der Waals surface area contributed by atoms with Crippen molar-refractivity contribution in [3.63, 3.8) is 0 Å². The highest BCUT2D eigenvalue weighted by Crippen LogP contribution is 2.38. The highest BCUT2D eigenvalue weighted by atomic mass is 19.4. The van der Waals surface area contributed by atoms with Crippen molar-refractivity contribution >= 4 is 5.97 Å². The van der Waals surface area contributed by atoms with Gasteiger partial charge in [0.2, 0.25) is 5.88 Å². The van der Waals surface area contributed by atoms with Gasteiger partial charge in [0.1, 0.15) is 5.75 Å². The van der Waals surface area contributed by atoms with Crippen LogP contribution in [0.15, 0.2) is 6.07 Å². The summed E-state index contributed by atoms with van der Waals surface area (Å²) in [7, 11) is 0.897. The molecule has 0 amide bonds. The third-order valence-corrected chi connectivity index (χ3v) is 2.38. The number of nitrogens with zero attached hydrogens (tertiary/aromatic N) is 1. The minimum absolute atomic E-state index is 0.0462. The van der Waals surface area contributed by atoms with Crippen LogP contribution in [-0.4, -0.2) is 31.0 Å². The van der Waals surface area contributed by atoms with Gasteiger partial charge in [0.25, 0.3) is 0 Å². The molecule has 0 aliphatic carbocycles. The van der Waals surface area contributed by atoms with Crippen molar-refractivity contribution in [1.29, 1.82) is 0 Å². The van der Waals surface area contributed by atoms with Gasteiger partial charge in [-0.1, -0.05) is 0 Å². The van der Waals surface area contributed by atoms with Crippen molar-refractivity contribution in [1.82, 2.24) is 4.98 Å². The first-order chi connectivity index (χ1) is 10.5. The van der Waals surface area contributed by atoms with Crippen LogP contribution in [0, 0.1) is 0 Å². The van der Waals surface area contributed by atoms with Crippen molar-refractivity contribution < 1.29 is 45.3 Å². The van der Waals surface area contributed by atoms with E-state index in [9.17, 15) is 31.1 Å². The van der Waals surface area contributed by atoms with Gasteiger partial charge >= 0.3 is 18.5 Å². The Bertz CT molecular complexity index is 570. The third-order valence-electron chi connectivity index (χ3n) is 2.38. The van der Waals surface area contributed by atoms with E-state index in [1.54, 1.807) is 0 Å². The predicted octanol–water partition coefficient (Wildman–Crippen LogP) is 3.11. The Morgan fingerprint density at radius 2 is 1.83 bits per heavy atom. The van der Waals surface area contributed by atoms with Crippen molar-refractivity contribution in [2.24, 2.45) is 0 Å². The zero-order valence-electron chi connectivity index (χ0n) is 11.8. The summed E-state index contributed by atoms with van der Waals surface area (Å²) in [5.41, 5.74) is -2.25. The lowest BCUT2D eigenvalue weighted by Crippen LogP contribution is -2.21. The number of alkyl halides is 6. The average molecular weight is 347 g/mol. The minimum Gasteiger partial charge on any atom is -0.481 e. The summed E-state index contributed by atoms with van der Waals surface area (Å²) in [5.74, 6) is -3.02. The smallest absolute Gasteiger partial charge is 0.481 e. The van der Waals surface area contributed by atoms with Crippen molar-refractivity contribution in [3.05, 3.63) is 17.3 Å². The van der Waals surface area contributed by atoms with E-state index in [1.165, 1.54) is 6.92 Å². The average Bonchev–Trinajstić information content (AvgIpc) is 2.37. The summed E-state index contributed by atoms with van der Waals surface area (Å²) in [6.07, 6.45) is -11.1. The quantitative estimate of drug-likeness (QED) is 0.605. The van der Waals surface area contributed by atoms with Gasteiger partial charge in [-0.2, -0.15) is 13.2 Å². The Hall–Kier alpha value is -2.20. The number of methoxy groups -OCH3 is 1. The van der Waals surface area contributed by atoms with E-state index < -0.39 is 47.8 Å². The van der Waals surface area contributed by atoms with Crippen molar-refractivity contribution in [3.8, 4) is 11.6 Å². The second-order valence-corrected chi connectivity index (χ2v) is 4.02. The van der Waals surface area contributed by atoms with E-state index >= 15 is 0 Å². The number of ether oxygens (including phenoxy) is 3. The van der Waals surface area contributed by atoms with E-state index in [-0.39, 0.29) is 12.7 Å². The lowest BCUT2D eigenvalue weighted by atomic mass is 10.1. The zero-order chi connectivity index (χ0) is 17.8. The molecule has 0 unspecified atom stereocenters. The highest BCUT2D eigenvalue weighted by Gasteiger charge is 2.38. The molecule has 11 heteroatoms. The molecule has 0 atom stereocenters. The second-order valence-electron chi connectivity index (χ2n) is 4.02. The number of halogens is 6. The van der Waals surface area contributed by atoms with E-state index in [0.29, 0.717) is 0 Å². The summed E-state index contributed by atoms with van der Waals surface area (Å²) in [6, 6.07) is 0.0462. The standard InChI is InChI=1S/C12H11F6NO4/c1-3-22-9(20)4-6-7(23-12(16,17)18)5-8(11(13,14)15)19-10(6)21-2/h5H,3-4H2,1-2H3. The Morgan fingerprint density at radius 1 is 1.22 bits per heavy atom. The molecule has 0 saturated heterocycles. The van der Waals surface area contributed by atoms with Crippen LogP contribution >= 0.6 is 0 Å². The number of carbonyl (C=O) groups is 1. The Balaban J connectivity index is 3.41. The van der Waals surface area contributed by atoms with Gasteiger partial charge < -0.3 is 14.2 Å². The molecule has 1 heterocycles. The number of esters is 1. The molecule has 1 aromatic heterocycles. The van der Waals surface area contributed by atoms with Crippen molar-refractivity contribution in [2.45, 2.75) is 25.9 Å². The molecule has 0 spiro atoms. The molecule has 0 N–H and O–H groups in total. The maximum absolute atomic E-state index is 12.7. The number of hydrogen-bond donors (Lipinski definition) is 0. The van der Waals surface area contributed by atoms with Gasteiger partial charge in [-0.25, -0.2) is 4.98 Å². The molecule has 0 aliphatic rings. The van der Waals surface area contributed by atoms with E-state index in [0.717, 1.165) is 7.11 Å². The van der Waals surface area contributed by atoms with Gasteiger partial charge in [0.05, 0.1) is 25.7 Å². The second kappa shape index (κ2) is 6.92. The van der Waals surface area contributed by atoms with Crippen LogP contribution in [0.4, 0.5) is 26.3 Å². The molecule has 0 aliphatic heterocycles. The number of hydrogen-bond acceptors (Lipinski definition) is 5. The van der Waals surface area contributed by atoms with Gasteiger partial charge in [-0.15, -0.1) is 13.2 Å². The monoisotopic (exact) mass is 347 g/mol. The fourth-order valence-corrected chi connectivity index (χ4v) is 1.57. The summed E-state index contributed by atoms with van der Waals surface area (Å²) in [4.78, 5) is 14.5. The van der Waals surface area contributed by atoms with Crippen LogP contribution in [0.3, 0.4) is 0 Å². The predicted molar refractivity (Wildman–Crippen MR) is 62.8 cm³/mol. The van der Waals surface area contributed by atoms with Gasteiger partial charge in [0, 0.05) is 6.07 Å². The Kier molecular flexibility index (Phi) is 5.67. The van der Waals surface area contributed by atoms with Gasteiger partial charge in [-0.05, 0) is 6.92 Å². The van der Waals surface area contributed by atoms with Crippen LogP contribution in [0.25, 0.3) is 0 Å². The van der Waals surface area contributed by atoms with E-state index in [4.69, 9.17) is 0 Å². The Morgan fingerprint density at radius 3 is 2.26 bits per heavy atom. The molecular weight excluding hydrogens is 336 g/mol. The minimum atomic E-state index is -5.27. The molecule has 1 aromatic rings. The first-order valence-electron chi connectivity index (χ1n) is 6.04. The van der Waals surface area contributed by atoms with Gasteiger partial charge in [0.15, 0.2) is 5.69 Å². The molecule has 0 saturated carbocycles. The zero-order valence-corrected chi connectivity index (χ0v) is 11.8. The molecule has 0 bridgehead atoms. The summed E-state index contributed by atoms with van der Waals surface area (Å²) in [6.45, 7) is 1.39. The highest BCUT2D eigenvalue weighted by molar-refractivity contribution is 5.74. The molecule has 0 radical (unpaired) electrons. The number of rotatable bonds is 5. The largest absolute Gasteiger partial charge is 0.573 e. The molecule has 0 aromatic carbocycles. The SMILES string of the molecule is CCOC(=O)Cc1c(OC(F)(F)F)cc(C(F)(F)F)nc1OC. The fourth-order valence-electron chi connectivity index (χ4n) is 1.57. The van der Waals surface area contributed by atoms with Crippen molar-refractivity contribution in [2.75, 3.05) is 13.7 Å². The molecular formula is C12H11F6NO4. The number of pyridine rings is 1. The molecule has 23 heavy (non-hydrogen) atoms. The summed E-state index contributed by atoms with van der Waals surface area (Å²) >= 11 is 0. The normalized spacial score (nSPS) is 12.0. The van der Waals surface area contributed by atoms with E-state index in [1.807, 2.05) is 0 Å². The summed E-state index contributed by atoms with van der Waals surface area (Å²) < 4.78 is 87.9. The molecule has 0 fully saturated rings. The number of carbonyl (C=O) groups excluding carboxylic acids is 1. The van der Waals surface area contributed by atoms with Crippen LogP contribution in [0.1, 0.15) is 18.2 Å². The fraction of sp³-hybridized carbons (Fsp3) is 0.500. The number of aromatic nitrogens is 1. The first kappa shape index (κ1) is 18.8. The van der Waals surface area contributed by atoms with E-state index in [2.05, 4.69) is 19.2 Å². The Labute approximate surface area is 126 Å². The first-order valence-corrected chi connectivity index (χ1v) is 6.04. The third kappa shape index (κ3) is 5.49. The van der Waals surface area contributed by atoms with Crippen LogP contribution in [0.5, 0.6) is 11.6 Å². The topological polar surface area (TPSA) is 57.7 Å². The van der Waals surface area contributed by atoms with Crippen LogP contribution in [-0.2, 0) is 22.1 Å². The molecule has 1 rings (SSSR count). The summed E-state index contributed by atoms with van der Waals surface area (Å²) in [5, 5.41) is 0. The lowest BCUT2D eigenvalue weighted by molar-refractivity contribution is -0.275. The maximum atomic E-state index is 12.7. The van der Waals surface area contributed by atoms with Crippen LogP contribution in [0.2, 0.25) is 0 Å². The lowest BCUT2D eigenvalue weighted by Gasteiger charge is -2.17.